The molecule has 0 aromatic heterocycles. The van der Waals surface area contributed by atoms with E-state index in [0.717, 1.165) is 38.5 Å². The second kappa shape index (κ2) is 9.40. The predicted octanol–water partition coefficient (Wildman–Crippen LogP) is 4.61. The van der Waals surface area contributed by atoms with Gasteiger partial charge in [0.2, 0.25) is 0 Å². The molecule has 26 heavy (non-hydrogen) atoms. The Labute approximate surface area is 159 Å². The summed E-state index contributed by atoms with van der Waals surface area (Å²) in [6.07, 6.45) is 6.29. The van der Waals surface area contributed by atoms with Crippen molar-refractivity contribution in [1.82, 2.24) is 10.6 Å². The van der Waals surface area contributed by atoms with Crippen LogP contribution in [-0.2, 0) is 17.6 Å². The second-order valence-electron chi connectivity index (χ2n) is 8.24. The first kappa shape index (κ1) is 20.8. The van der Waals surface area contributed by atoms with E-state index in [-0.39, 0.29) is 12.1 Å². The van der Waals surface area contributed by atoms with Crippen molar-refractivity contribution in [2.24, 2.45) is 0 Å². The minimum atomic E-state index is -0.430. The summed E-state index contributed by atoms with van der Waals surface area (Å²) >= 11 is 0. The van der Waals surface area contributed by atoms with Crippen LogP contribution < -0.4 is 10.6 Å². The van der Waals surface area contributed by atoms with Crippen LogP contribution in [0.2, 0.25) is 0 Å². The molecule has 1 aromatic rings. The first-order chi connectivity index (χ1) is 12.4. The summed E-state index contributed by atoms with van der Waals surface area (Å²) in [6, 6.07) is 10.2. The van der Waals surface area contributed by atoms with Crippen LogP contribution in [0.3, 0.4) is 0 Å². The van der Waals surface area contributed by atoms with Crippen molar-refractivity contribution < 1.29 is 9.53 Å². The van der Waals surface area contributed by atoms with Gasteiger partial charge in [-0.1, -0.05) is 38.1 Å². The van der Waals surface area contributed by atoms with Crippen molar-refractivity contribution in [3.63, 3.8) is 0 Å². The number of carbonyl (C=O) groups excluding carboxylic acids is 1. The van der Waals surface area contributed by atoms with Crippen molar-refractivity contribution in [3.05, 3.63) is 35.4 Å². The molecule has 0 atom stereocenters. The smallest absolute Gasteiger partial charge is 0.407 e. The van der Waals surface area contributed by atoms with Crippen LogP contribution in [0, 0.1) is 0 Å². The Kier molecular flexibility index (Phi) is 7.51. The van der Waals surface area contributed by atoms with E-state index in [1.807, 2.05) is 34.6 Å². The van der Waals surface area contributed by atoms with E-state index in [2.05, 4.69) is 34.9 Å². The number of alkyl carbamates (subject to hydrolysis) is 1. The average Bonchev–Trinajstić information content (AvgIpc) is 2.99. The van der Waals surface area contributed by atoms with Crippen molar-refractivity contribution in [3.8, 4) is 0 Å². The van der Waals surface area contributed by atoms with Crippen LogP contribution in [-0.4, -0.2) is 29.8 Å². The van der Waals surface area contributed by atoms with Gasteiger partial charge in [0, 0.05) is 18.1 Å². The fourth-order valence-electron chi connectivity index (χ4n) is 3.89. The standard InChI is InChI=1S/C20H30N2O2.C2H6/c1-20(2,3)24-19(23)22-17-10-8-16(9-11-17)21-18-12-14-6-4-5-7-15(14)13-18;1-2/h4-7,16-18,21H,8-13H2,1-3H3,(H,22,23);1-2H3. The third kappa shape index (κ3) is 6.31. The van der Waals surface area contributed by atoms with E-state index in [4.69, 9.17) is 4.74 Å². The highest BCUT2D eigenvalue weighted by atomic mass is 16.6. The number of rotatable bonds is 3. The molecule has 1 fully saturated rings. The van der Waals surface area contributed by atoms with Gasteiger partial charge in [0.15, 0.2) is 0 Å². The van der Waals surface area contributed by atoms with Gasteiger partial charge in [0.1, 0.15) is 5.60 Å². The topological polar surface area (TPSA) is 50.4 Å². The van der Waals surface area contributed by atoms with Gasteiger partial charge < -0.3 is 15.4 Å². The number of hydrogen-bond donors (Lipinski definition) is 2. The van der Waals surface area contributed by atoms with E-state index in [1.165, 1.54) is 11.1 Å². The first-order valence-corrected chi connectivity index (χ1v) is 10.2. The molecule has 4 heteroatoms. The Morgan fingerprint density at radius 2 is 1.42 bits per heavy atom. The van der Waals surface area contributed by atoms with Gasteiger partial charge in [-0.3, -0.25) is 0 Å². The molecule has 0 saturated heterocycles. The third-order valence-electron chi connectivity index (χ3n) is 4.97. The summed E-state index contributed by atoms with van der Waals surface area (Å²) in [5.41, 5.74) is 2.56. The van der Waals surface area contributed by atoms with E-state index >= 15 is 0 Å². The van der Waals surface area contributed by atoms with E-state index in [1.54, 1.807) is 0 Å². The van der Waals surface area contributed by atoms with Gasteiger partial charge in [-0.15, -0.1) is 0 Å². The van der Waals surface area contributed by atoms with Crippen LogP contribution in [0.15, 0.2) is 24.3 Å². The van der Waals surface area contributed by atoms with Gasteiger partial charge in [-0.05, 0) is 70.4 Å². The van der Waals surface area contributed by atoms with E-state index in [9.17, 15) is 4.79 Å². The van der Waals surface area contributed by atoms with E-state index < -0.39 is 5.60 Å². The molecule has 2 N–H and O–H groups in total. The van der Waals surface area contributed by atoms with Gasteiger partial charge in [-0.2, -0.15) is 0 Å². The number of amides is 1. The zero-order chi connectivity index (χ0) is 19.2. The lowest BCUT2D eigenvalue weighted by Gasteiger charge is -2.32. The molecule has 1 amide bonds. The minimum absolute atomic E-state index is 0.249. The largest absolute Gasteiger partial charge is 0.444 e. The van der Waals surface area contributed by atoms with Crippen molar-refractivity contribution in [2.75, 3.05) is 0 Å². The lowest BCUT2D eigenvalue weighted by Crippen LogP contribution is -2.46. The third-order valence-corrected chi connectivity index (χ3v) is 4.97. The SMILES string of the molecule is CC.CC(C)(C)OC(=O)NC1CCC(NC2Cc3ccccc3C2)CC1. The zero-order valence-corrected chi connectivity index (χ0v) is 17.1. The van der Waals surface area contributed by atoms with Crippen LogP contribution >= 0.6 is 0 Å². The van der Waals surface area contributed by atoms with Crippen LogP contribution in [0.25, 0.3) is 0 Å². The Balaban J connectivity index is 0.00000117. The highest BCUT2D eigenvalue weighted by Crippen LogP contribution is 2.25. The fourth-order valence-corrected chi connectivity index (χ4v) is 3.89. The molecule has 3 rings (SSSR count). The number of benzene rings is 1. The molecule has 1 aromatic carbocycles. The number of hydrogen-bond acceptors (Lipinski definition) is 3. The van der Waals surface area contributed by atoms with Crippen LogP contribution in [0.1, 0.15) is 71.4 Å². The fraction of sp³-hybridized carbons (Fsp3) is 0.682. The molecule has 0 aliphatic heterocycles. The molecule has 0 unspecified atom stereocenters. The average molecular weight is 361 g/mol. The summed E-state index contributed by atoms with van der Waals surface area (Å²) in [5, 5.41) is 6.85. The van der Waals surface area contributed by atoms with Crippen LogP contribution in [0.5, 0.6) is 0 Å². The molecule has 1 saturated carbocycles. The molecular formula is C22H36N2O2. The summed E-state index contributed by atoms with van der Waals surface area (Å²) in [5.74, 6) is 0. The number of carbonyl (C=O) groups is 1. The monoisotopic (exact) mass is 360 g/mol. The Morgan fingerprint density at radius 1 is 0.923 bits per heavy atom. The molecule has 0 bridgehead atoms. The van der Waals surface area contributed by atoms with Gasteiger partial charge in [0.25, 0.3) is 0 Å². The van der Waals surface area contributed by atoms with Crippen molar-refractivity contribution in [1.29, 1.82) is 0 Å². The number of fused-ring (bicyclic) bond motifs is 1. The van der Waals surface area contributed by atoms with E-state index in [0.29, 0.717) is 12.1 Å². The Hall–Kier alpha value is -1.55. The maximum Gasteiger partial charge on any atom is 0.407 e. The minimum Gasteiger partial charge on any atom is -0.444 e. The number of ether oxygens (including phenoxy) is 1. The summed E-state index contributed by atoms with van der Waals surface area (Å²) in [7, 11) is 0. The highest BCUT2D eigenvalue weighted by Gasteiger charge is 2.28. The molecule has 0 heterocycles. The summed E-state index contributed by atoms with van der Waals surface area (Å²) in [4.78, 5) is 11.9. The molecule has 146 valence electrons. The molecular weight excluding hydrogens is 324 g/mol. The maximum atomic E-state index is 11.9. The maximum absolute atomic E-state index is 11.9. The van der Waals surface area contributed by atoms with Gasteiger partial charge in [0.05, 0.1) is 0 Å². The molecule has 4 nitrogen and oxygen atoms in total. The van der Waals surface area contributed by atoms with Gasteiger partial charge >= 0.3 is 6.09 Å². The van der Waals surface area contributed by atoms with Crippen molar-refractivity contribution in [2.45, 2.75) is 96.9 Å². The molecule has 2 aliphatic rings. The van der Waals surface area contributed by atoms with Gasteiger partial charge in [-0.25, -0.2) is 4.79 Å². The highest BCUT2D eigenvalue weighted by molar-refractivity contribution is 5.68. The molecule has 2 aliphatic carbocycles. The lowest BCUT2D eigenvalue weighted by molar-refractivity contribution is 0.0489. The first-order valence-electron chi connectivity index (χ1n) is 10.2. The molecule has 0 spiro atoms. The van der Waals surface area contributed by atoms with Crippen LogP contribution in [0.4, 0.5) is 4.79 Å². The lowest BCUT2D eigenvalue weighted by atomic mass is 9.90. The Morgan fingerprint density at radius 3 is 1.92 bits per heavy atom. The quantitative estimate of drug-likeness (QED) is 0.828. The number of nitrogens with one attached hydrogen (secondary N) is 2. The normalized spacial score (nSPS) is 22.8. The zero-order valence-electron chi connectivity index (χ0n) is 17.1. The molecule has 0 radical (unpaired) electrons. The van der Waals surface area contributed by atoms with Crippen molar-refractivity contribution >= 4 is 6.09 Å². The summed E-state index contributed by atoms with van der Waals surface area (Å²) < 4.78 is 5.35. The Bertz CT molecular complexity index is 547. The second-order valence-corrected chi connectivity index (χ2v) is 8.24. The predicted molar refractivity (Wildman–Crippen MR) is 108 cm³/mol. The summed E-state index contributed by atoms with van der Waals surface area (Å²) in [6.45, 7) is 9.69.